The highest BCUT2D eigenvalue weighted by Crippen LogP contribution is 2.39. The van der Waals surface area contributed by atoms with E-state index < -0.39 is 10.0 Å². The van der Waals surface area contributed by atoms with Crippen molar-refractivity contribution in [2.45, 2.75) is 37.1 Å². The molecule has 0 aliphatic carbocycles. The van der Waals surface area contributed by atoms with Gasteiger partial charge in [0.25, 0.3) is 0 Å². The standard InChI is InChI=1S/C19H20N4O4S/c1-11(2)23-19-15(10-21-23)14(9-18(24)22-19)17-8-7-16(27-17)12-3-5-13(6-4-12)28(20,25)26/h3-8,10-11,14H,9H2,1-2H3,(H,22,24)(H2,20,25,26)/t14-/m0/s1. The molecule has 1 aliphatic heterocycles. The molecule has 0 fully saturated rings. The van der Waals surface area contributed by atoms with Crippen LogP contribution in [0, 0.1) is 0 Å². The SMILES string of the molecule is CC(C)n1ncc2c1NC(=O)C[C@@H]2c1ccc(-c2ccc(S(N)(=O)=O)cc2)o1. The molecule has 4 rings (SSSR count). The van der Waals surface area contributed by atoms with E-state index in [2.05, 4.69) is 10.4 Å². The zero-order valence-electron chi connectivity index (χ0n) is 15.4. The lowest BCUT2D eigenvalue weighted by Crippen LogP contribution is -2.25. The average molecular weight is 400 g/mol. The number of sulfonamides is 1. The molecule has 0 unspecified atom stereocenters. The molecule has 0 saturated heterocycles. The number of rotatable bonds is 4. The van der Waals surface area contributed by atoms with Crippen LogP contribution in [0.2, 0.25) is 0 Å². The number of amides is 1. The summed E-state index contributed by atoms with van der Waals surface area (Å²) in [5.74, 6) is 1.63. The number of nitrogens with two attached hydrogens (primary N) is 1. The van der Waals surface area contributed by atoms with Crippen LogP contribution in [0.4, 0.5) is 5.82 Å². The van der Waals surface area contributed by atoms with Crippen molar-refractivity contribution in [2.75, 3.05) is 5.32 Å². The maximum atomic E-state index is 12.2. The van der Waals surface area contributed by atoms with Crippen LogP contribution >= 0.6 is 0 Å². The fraction of sp³-hybridized carbons (Fsp3) is 0.263. The summed E-state index contributed by atoms with van der Waals surface area (Å²) in [6.45, 7) is 4.00. The van der Waals surface area contributed by atoms with Crippen LogP contribution in [0.5, 0.6) is 0 Å². The number of hydrogen-bond donors (Lipinski definition) is 2. The molecular formula is C19H20N4O4S. The monoisotopic (exact) mass is 400 g/mol. The number of nitrogens with one attached hydrogen (secondary N) is 1. The first-order chi connectivity index (χ1) is 13.2. The van der Waals surface area contributed by atoms with Crippen LogP contribution < -0.4 is 10.5 Å². The molecule has 3 aromatic rings. The normalized spacial score (nSPS) is 16.9. The van der Waals surface area contributed by atoms with Crippen molar-refractivity contribution in [3.63, 3.8) is 0 Å². The highest BCUT2D eigenvalue weighted by atomic mass is 32.2. The van der Waals surface area contributed by atoms with Crippen LogP contribution in [0.3, 0.4) is 0 Å². The zero-order valence-corrected chi connectivity index (χ0v) is 16.2. The largest absolute Gasteiger partial charge is 0.460 e. The van der Waals surface area contributed by atoms with Crippen molar-refractivity contribution in [1.82, 2.24) is 9.78 Å². The molecule has 0 radical (unpaired) electrons. The summed E-state index contributed by atoms with van der Waals surface area (Å²) in [4.78, 5) is 12.3. The van der Waals surface area contributed by atoms with E-state index in [-0.39, 0.29) is 29.2 Å². The van der Waals surface area contributed by atoms with Gasteiger partial charge in [-0.15, -0.1) is 0 Å². The van der Waals surface area contributed by atoms with Gasteiger partial charge in [0, 0.05) is 23.6 Å². The van der Waals surface area contributed by atoms with Gasteiger partial charge in [-0.05, 0) is 50.2 Å². The molecule has 0 bridgehead atoms. The molecule has 8 nitrogen and oxygen atoms in total. The van der Waals surface area contributed by atoms with Gasteiger partial charge in [-0.1, -0.05) is 0 Å². The Balaban J connectivity index is 1.68. The Labute approximate surface area is 162 Å². The van der Waals surface area contributed by atoms with Gasteiger partial charge in [0.2, 0.25) is 15.9 Å². The Morgan fingerprint density at radius 3 is 2.57 bits per heavy atom. The number of benzene rings is 1. The van der Waals surface area contributed by atoms with Crippen molar-refractivity contribution >= 4 is 21.7 Å². The Morgan fingerprint density at radius 1 is 1.21 bits per heavy atom. The summed E-state index contributed by atoms with van der Waals surface area (Å²) in [6, 6.07) is 9.91. The predicted molar refractivity (Wildman–Crippen MR) is 103 cm³/mol. The molecule has 1 amide bonds. The maximum absolute atomic E-state index is 12.2. The highest BCUT2D eigenvalue weighted by Gasteiger charge is 2.32. The lowest BCUT2D eigenvalue weighted by Gasteiger charge is -2.23. The highest BCUT2D eigenvalue weighted by molar-refractivity contribution is 7.89. The number of anilines is 1. The van der Waals surface area contributed by atoms with Crippen LogP contribution in [-0.2, 0) is 14.8 Å². The van der Waals surface area contributed by atoms with Gasteiger partial charge in [0.1, 0.15) is 17.3 Å². The molecule has 3 heterocycles. The molecule has 1 atom stereocenters. The summed E-state index contributed by atoms with van der Waals surface area (Å²) in [6.07, 6.45) is 2.04. The Kier molecular flexibility index (Phi) is 4.35. The second-order valence-corrected chi connectivity index (χ2v) is 8.62. The van der Waals surface area contributed by atoms with Crippen LogP contribution in [0.25, 0.3) is 11.3 Å². The third-order valence-corrected chi connectivity index (χ3v) is 5.70. The Morgan fingerprint density at radius 2 is 1.93 bits per heavy atom. The van der Waals surface area contributed by atoms with Gasteiger partial charge in [0.05, 0.1) is 17.0 Å². The van der Waals surface area contributed by atoms with Crippen LogP contribution in [0.1, 0.15) is 43.6 Å². The third-order valence-electron chi connectivity index (χ3n) is 4.77. The van der Waals surface area contributed by atoms with Gasteiger partial charge in [-0.25, -0.2) is 18.2 Å². The van der Waals surface area contributed by atoms with Gasteiger partial charge < -0.3 is 9.73 Å². The molecule has 28 heavy (non-hydrogen) atoms. The molecule has 3 N–H and O–H groups in total. The zero-order chi connectivity index (χ0) is 20.1. The summed E-state index contributed by atoms with van der Waals surface area (Å²) in [5, 5.41) is 12.4. The Hall–Kier alpha value is -2.91. The van der Waals surface area contributed by atoms with Crippen molar-refractivity contribution in [1.29, 1.82) is 0 Å². The van der Waals surface area contributed by atoms with Gasteiger partial charge in [-0.3, -0.25) is 4.79 Å². The van der Waals surface area contributed by atoms with E-state index in [1.165, 1.54) is 12.1 Å². The molecule has 0 saturated carbocycles. The lowest BCUT2D eigenvalue weighted by molar-refractivity contribution is -0.116. The second-order valence-electron chi connectivity index (χ2n) is 7.06. The summed E-state index contributed by atoms with van der Waals surface area (Å²) in [5.41, 5.74) is 1.63. The number of fused-ring (bicyclic) bond motifs is 1. The fourth-order valence-corrected chi connectivity index (χ4v) is 3.90. The third kappa shape index (κ3) is 3.23. The molecule has 0 spiro atoms. The lowest BCUT2D eigenvalue weighted by atomic mass is 9.92. The summed E-state index contributed by atoms with van der Waals surface area (Å²) in [7, 11) is -3.74. The first-order valence-corrected chi connectivity index (χ1v) is 10.4. The van der Waals surface area contributed by atoms with Gasteiger partial charge in [0.15, 0.2) is 0 Å². The fourth-order valence-electron chi connectivity index (χ4n) is 3.39. The van der Waals surface area contributed by atoms with Crippen LogP contribution in [-0.4, -0.2) is 24.1 Å². The number of furan rings is 1. The predicted octanol–water partition coefficient (Wildman–Crippen LogP) is 2.85. The molecule has 1 aliphatic rings. The molecule has 146 valence electrons. The van der Waals surface area contributed by atoms with E-state index in [1.54, 1.807) is 29.1 Å². The number of nitrogens with zero attached hydrogens (tertiary/aromatic N) is 2. The molecular weight excluding hydrogens is 380 g/mol. The average Bonchev–Trinajstić information content (AvgIpc) is 3.27. The van der Waals surface area contributed by atoms with Crippen molar-refractivity contribution in [2.24, 2.45) is 5.14 Å². The number of primary sulfonamides is 1. The minimum Gasteiger partial charge on any atom is -0.460 e. The van der Waals surface area contributed by atoms with Crippen LogP contribution in [0.15, 0.2) is 51.9 Å². The minimum absolute atomic E-state index is 0.0396. The molecule has 9 heteroatoms. The summed E-state index contributed by atoms with van der Waals surface area (Å²) >= 11 is 0. The first kappa shape index (κ1) is 18.5. The smallest absolute Gasteiger partial charge is 0.238 e. The number of aromatic nitrogens is 2. The maximum Gasteiger partial charge on any atom is 0.238 e. The van der Waals surface area contributed by atoms with E-state index in [0.29, 0.717) is 17.3 Å². The topological polar surface area (TPSA) is 120 Å². The number of hydrogen-bond acceptors (Lipinski definition) is 5. The number of carbonyl (C=O) groups is 1. The van der Waals surface area contributed by atoms with Crippen molar-refractivity contribution in [3.8, 4) is 11.3 Å². The van der Waals surface area contributed by atoms with Gasteiger partial charge >= 0.3 is 0 Å². The summed E-state index contributed by atoms with van der Waals surface area (Å²) < 4.78 is 30.6. The van der Waals surface area contributed by atoms with Crippen molar-refractivity contribution in [3.05, 3.63) is 53.9 Å². The minimum atomic E-state index is -3.74. The quantitative estimate of drug-likeness (QED) is 0.698. The molecule has 2 aromatic heterocycles. The van der Waals surface area contributed by atoms with Crippen molar-refractivity contribution < 1.29 is 17.6 Å². The second kappa shape index (κ2) is 6.61. The number of carbonyl (C=O) groups excluding carboxylic acids is 1. The van der Waals surface area contributed by atoms with E-state index >= 15 is 0 Å². The molecule has 1 aromatic carbocycles. The first-order valence-electron chi connectivity index (χ1n) is 8.84. The Bertz CT molecular complexity index is 1140. The van der Waals surface area contributed by atoms with E-state index in [0.717, 1.165) is 11.1 Å². The van der Waals surface area contributed by atoms with E-state index in [4.69, 9.17) is 9.56 Å². The van der Waals surface area contributed by atoms with Gasteiger partial charge in [-0.2, -0.15) is 5.10 Å². The van der Waals surface area contributed by atoms with E-state index in [9.17, 15) is 13.2 Å². The van der Waals surface area contributed by atoms with E-state index in [1.807, 2.05) is 19.9 Å².